The zero-order valence-electron chi connectivity index (χ0n) is 6.36. The Kier molecular flexibility index (Phi) is 1.88. The molecular weight excluding hydrogens is 138 g/mol. The number of hydroxylamine groups is 2. The Morgan fingerprint density at radius 2 is 1.91 bits per heavy atom. The van der Waals surface area contributed by atoms with E-state index in [9.17, 15) is 0 Å². The van der Waals surface area contributed by atoms with E-state index in [2.05, 4.69) is 12.1 Å². The van der Waals surface area contributed by atoms with Crippen molar-refractivity contribution in [1.82, 2.24) is 5.06 Å². The van der Waals surface area contributed by atoms with E-state index in [1.807, 2.05) is 23.3 Å². The minimum Gasteiger partial charge on any atom is -0.294 e. The third kappa shape index (κ3) is 2.03. The molecule has 1 heterocycles. The van der Waals surface area contributed by atoms with Crippen molar-refractivity contribution in [3.05, 3.63) is 35.9 Å². The van der Waals surface area contributed by atoms with Crippen LogP contribution < -0.4 is 0 Å². The fourth-order valence-electron chi connectivity index (χ4n) is 0.910. The van der Waals surface area contributed by atoms with Crippen LogP contribution in [-0.2, 0) is 11.4 Å². The van der Waals surface area contributed by atoms with Crippen LogP contribution in [0.1, 0.15) is 5.56 Å². The average molecular weight is 149 g/mol. The third-order valence-electron chi connectivity index (χ3n) is 1.66. The van der Waals surface area contributed by atoms with E-state index in [0.717, 1.165) is 13.1 Å². The van der Waals surface area contributed by atoms with Crippen LogP contribution in [0.4, 0.5) is 0 Å². The second kappa shape index (κ2) is 3.03. The second-order valence-electron chi connectivity index (χ2n) is 2.69. The van der Waals surface area contributed by atoms with Gasteiger partial charge in [-0.2, -0.15) is 5.06 Å². The van der Waals surface area contributed by atoms with Crippen molar-refractivity contribution in [3.8, 4) is 0 Å². The topological polar surface area (TPSA) is 12.2 Å². The monoisotopic (exact) mass is 149 g/mol. The molecule has 0 atom stereocenters. The SMILES string of the molecule is c1ccc(CON2CC2)cc1. The van der Waals surface area contributed by atoms with E-state index in [0.29, 0.717) is 6.61 Å². The van der Waals surface area contributed by atoms with Gasteiger partial charge in [-0.05, 0) is 5.56 Å². The average Bonchev–Trinajstić information content (AvgIpc) is 2.86. The third-order valence-corrected chi connectivity index (χ3v) is 1.66. The van der Waals surface area contributed by atoms with Gasteiger partial charge in [0.1, 0.15) is 0 Å². The summed E-state index contributed by atoms with van der Waals surface area (Å²) in [5.74, 6) is 0. The summed E-state index contributed by atoms with van der Waals surface area (Å²) < 4.78 is 0. The maximum atomic E-state index is 5.37. The normalized spacial score (nSPS) is 16.7. The van der Waals surface area contributed by atoms with Crippen molar-refractivity contribution in [3.63, 3.8) is 0 Å². The largest absolute Gasteiger partial charge is 0.294 e. The molecule has 1 aromatic rings. The predicted octanol–water partition coefficient (Wildman–Crippen LogP) is 1.43. The zero-order valence-corrected chi connectivity index (χ0v) is 6.36. The quantitative estimate of drug-likeness (QED) is 0.603. The highest BCUT2D eigenvalue weighted by molar-refractivity contribution is 5.13. The van der Waals surface area contributed by atoms with Gasteiger partial charge < -0.3 is 0 Å². The lowest BCUT2D eigenvalue weighted by molar-refractivity contribution is -0.0763. The number of benzene rings is 1. The van der Waals surface area contributed by atoms with Gasteiger partial charge in [-0.15, -0.1) is 0 Å². The lowest BCUT2D eigenvalue weighted by Gasteiger charge is -2.01. The number of nitrogens with zero attached hydrogens (tertiary/aromatic N) is 1. The van der Waals surface area contributed by atoms with Crippen LogP contribution in [0, 0.1) is 0 Å². The minimum absolute atomic E-state index is 0.709. The molecule has 58 valence electrons. The Labute approximate surface area is 66.3 Å². The van der Waals surface area contributed by atoms with Gasteiger partial charge in [0.05, 0.1) is 6.61 Å². The highest BCUT2D eigenvalue weighted by Gasteiger charge is 2.17. The van der Waals surface area contributed by atoms with E-state index >= 15 is 0 Å². The molecule has 2 heteroatoms. The predicted molar refractivity (Wildman–Crippen MR) is 42.8 cm³/mol. The summed E-state index contributed by atoms with van der Waals surface area (Å²) >= 11 is 0. The molecule has 0 N–H and O–H groups in total. The number of rotatable bonds is 3. The molecule has 0 unspecified atom stereocenters. The van der Waals surface area contributed by atoms with Crippen LogP contribution in [-0.4, -0.2) is 18.2 Å². The molecule has 0 spiro atoms. The standard InChI is InChI=1S/C9H11NO/c1-2-4-9(5-3-1)8-11-10-6-7-10/h1-5H,6-8H2. The van der Waals surface area contributed by atoms with E-state index in [1.54, 1.807) is 0 Å². The lowest BCUT2D eigenvalue weighted by Crippen LogP contribution is -1.98. The van der Waals surface area contributed by atoms with Gasteiger partial charge in [-0.3, -0.25) is 4.84 Å². The Morgan fingerprint density at radius 1 is 1.18 bits per heavy atom. The number of hydrogen-bond donors (Lipinski definition) is 0. The summed E-state index contributed by atoms with van der Waals surface area (Å²) in [7, 11) is 0. The van der Waals surface area contributed by atoms with Gasteiger partial charge in [0.25, 0.3) is 0 Å². The molecule has 0 bridgehead atoms. The first-order valence-electron chi connectivity index (χ1n) is 3.87. The Hall–Kier alpha value is -0.860. The summed E-state index contributed by atoms with van der Waals surface area (Å²) in [6.07, 6.45) is 0. The molecule has 1 aliphatic rings. The second-order valence-corrected chi connectivity index (χ2v) is 2.69. The van der Waals surface area contributed by atoms with Crippen molar-refractivity contribution in [2.24, 2.45) is 0 Å². The van der Waals surface area contributed by atoms with Crippen LogP contribution in [0.3, 0.4) is 0 Å². The van der Waals surface area contributed by atoms with Gasteiger partial charge in [-0.25, -0.2) is 0 Å². The van der Waals surface area contributed by atoms with E-state index < -0.39 is 0 Å². The molecular formula is C9H11NO. The van der Waals surface area contributed by atoms with Crippen LogP contribution in [0.15, 0.2) is 30.3 Å². The van der Waals surface area contributed by atoms with E-state index in [1.165, 1.54) is 5.56 Å². The maximum Gasteiger partial charge on any atom is 0.0935 e. The van der Waals surface area contributed by atoms with Crippen LogP contribution >= 0.6 is 0 Å². The number of hydrogen-bond acceptors (Lipinski definition) is 2. The summed E-state index contributed by atoms with van der Waals surface area (Å²) in [5.41, 5.74) is 1.24. The first kappa shape index (κ1) is 6.83. The highest BCUT2D eigenvalue weighted by Crippen LogP contribution is 2.08. The lowest BCUT2D eigenvalue weighted by atomic mass is 10.2. The molecule has 1 saturated heterocycles. The minimum atomic E-state index is 0.709. The first-order valence-corrected chi connectivity index (χ1v) is 3.87. The van der Waals surface area contributed by atoms with Crippen molar-refractivity contribution in [2.75, 3.05) is 13.1 Å². The summed E-state index contributed by atoms with van der Waals surface area (Å²) in [6.45, 7) is 2.89. The van der Waals surface area contributed by atoms with Crippen molar-refractivity contribution in [1.29, 1.82) is 0 Å². The van der Waals surface area contributed by atoms with Crippen LogP contribution in [0.5, 0.6) is 0 Å². The van der Waals surface area contributed by atoms with Gasteiger partial charge in [-0.1, -0.05) is 30.3 Å². The van der Waals surface area contributed by atoms with Crippen LogP contribution in [0.25, 0.3) is 0 Å². The Bertz CT molecular complexity index is 218. The van der Waals surface area contributed by atoms with Crippen LogP contribution in [0.2, 0.25) is 0 Å². The van der Waals surface area contributed by atoms with Crippen molar-refractivity contribution >= 4 is 0 Å². The smallest absolute Gasteiger partial charge is 0.0935 e. The molecule has 0 amide bonds. The van der Waals surface area contributed by atoms with Gasteiger partial charge in [0.2, 0.25) is 0 Å². The highest BCUT2D eigenvalue weighted by atomic mass is 16.7. The molecule has 2 nitrogen and oxygen atoms in total. The summed E-state index contributed by atoms with van der Waals surface area (Å²) in [5, 5.41) is 1.95. The fourth-order valence-corrected chi connectivity index (χ4v) is 0.910. The molecule has 2 rings (SSSR count). The Morgan fingerprint density at radius 3 is 2.55 bits per heavy atom. The van der Waals surface area contributed by atoms with Crippen molar-refractivity contribution < 1.29 is 4.84 Å². The molecule has 1 aromatic carbocycles. The summed E-state index contributed by atoms with van der Waals surface area (Å²) in [4.78, 5) is 5.37. The molecule has 0 saturated carbocycles. The molecule has 0 aliphatic carbocycles. The maximum absolute atomic E-state index is 5.37. The van der Waals surface area contributed by atoms with Crippen molar-refractivity contribution in [2.45, 2.75) is 6.61 Å². The summed E-state index contributed by atoms with van der Waals surface area (Å²) in [6, 6.07) is 10.2. The molecule has 1 aliphatic heterocycles. The van der Waals surface area contributed by atoms with E-state index in [4.69, 9.17) is 4.84 Å². The zero-order chi connectivity index (χ0) is 7.52. The molecule has 0 aromatic heterocycles. The van der Waals surface area contributed by atoms with Gasteiger partial charge in [0.15, 0.2) is 0 Å². The van der Waals surface area contributed by atoms with Gasteiger partial charge in [0, 0.05) is 13.1 Å². The fraction of sp³-hybridized carbons (Fsp3) is 0.333. The molecule has 0 radical (unpaired) electrons. The Balaban J connectivity index is 1.85. The molecule has 11 heavy (non-hydrogen) atoms. The van der Waals surface area contributed by atoms with Gasteiger partial charge >= 0.3 is 0 Å². The molecule has 1 fully saturated rings. The van der Waals surface area contributed by atoms with E-state index in [-0.39, 0.29) is 0 Å². The first-order chi connectivity index (χ1) is 5.45.